The summed E-state index contributed by atoms with van der Waals surface area (Å²) < 4.78 is 1.12. The summed E-state index contributed by atoms with van der Waals surface area (Å²) in [7, 11) is 0. The normalized spacial score (nSPS) is 10.6. The molecule has 0 saturated carbocycles. The molecule has 0 unspecified atom stereocenters. The van der Waals surface area contributed by atoms with Crippen LogP contribution in [-0.4, -0.2) is 10.9 Å². The maximum Gasteiger partial charge on any atom is 0.226 e. The van der Waals surface area contributed by atoms with Crippen LogP contribution in [0.25, 0.3) is 10.2 Å². The molecule has 1 heterocycles. The van der Waals surface area contributed by atoms with Crippen LogP contribution in [0.2, 0.25) is 0 Å². The van der Waals surface area contributed by atoms with Gasteiger partial charge in [0.2, 0.25) is 5.91 Å². The molecule has 0 saturated heterocycles. The minimum Gasteiger partial charge on any atom is -0.302 e. The predicted molar refractivity (Wildman–Crippen MR) is 67.9 cm³/mol. The Balaban J connectivity index is 2.26. The van der Waals surface area contributed by atoms with E-state index in [9.17, 15) is 4.79 Å². The van der Waals surface area contributed by atoms with E-state index in [1.54, 1.807) is 0 Å². The molecule has 0 radical (unpaired) electrons. The number of nitrogens with one attached hydrogen (secondary N) is 1. The molecule has 0 spiro atoms. The van der Waals surface area contributed by atoms with Crippen molar-refractivity contribution in [1.29, 1.82) is 0 Å². The molecule has 0 aliphatic rings. The van der Waals surface area contributed by atoms with Gasteiger partial charge in [0.05, 0.1) is 10.2 Å². The van der Waals surface area contributed by atoms with Crippen molar-refractivity contribution in [3.05, 3.63) is 23.8 Å². The first-order valence-corrected chi connectivity index (χ1v) is 6.18. The number of thiazole rings is 1. The van der Waals surface area contributed by atoms with Gasteiger partial charge in [-0.1, -0.05) is 30.4 Å². The number of rotatable bonds is 3. The zero-order valence-electron chi connectivity index (χ0n) is 9.41. The molecule has 0 fully saturated rings. The van der Waals surface area contributed by atoms with Gasteiger partial charge in [-0.15, -0.1) is 0 Å². The first-order chi connectivity index (χ1) is 7.70. The maximum absolute atomic E-state index is 11.4. The van der Waals surface area contributed by atoms with Crippen LogP contribution in [0.1, 0.15) is 25.3 Å². The van der Waals surface area contributed by atoms with Crippen molar-refractivity contribution < 1.29 is 4.79 Å². The second kappa shape index (κ2) is 4.61. The van der Waals surface area contributed by atoms with Gasteiger partial charge in [0.25, 0.3) is 0 Å². The molecule has 1 aromatic carbocycles. The van der Waals surface area contributed by atoms with E-state index in [4.69, 9.17) is 0 Å². The molecule has 3 nitrogen and oxygen atoms in total. The Kier molecular flexibility index (Phi) is 3.19. The smallest absolute Gasteiger partial charge is 0.226 e. The number of benzene rings is 1. The Labute approximate surface area is 98.5 Å². The third-order valence-electron chi connectivity index (χ3n) is 2.34. The summed E-state index contributed by atoms with van der Waals surface area (Å²) in [5, 5.41) is 3.52. The fourth-order valence-electron chi connectivity index (χ4n) is 1.55. The molecule has 84 valence electrons. The number of carbonyl (C=O) groups is 1. The Morgan fingerprint density at radius 1 is 1.50 bits per heavy atom. The number of aryl methyl sites for hydroxylation is 1. The predicted octanol–water partition coefficient (Wildman–Crippen LogP) is 3.34. The molecule has 0 aliphatic carbocycles. The van der Waals surface area contributed by atoms with Gasteiger partial charge in [-0.25, -0.2) is 4.98 Å². The van der Waals surface area contributed by atoms with Gasteiger partial charge in [-0.05, 0) is 25.0 Å². The number of nitrogens with zero attached hydrogens (tertiary/aromatic N) is 1. The number of aromatic nitrogens is 1. The van der Waals surface area contributed by atoms with Gasteiger partial charge in [0, 0.05) is 6.42 Å². The fraction of sp³-hybridized carbons (Fsp3) is 0.333. The fourth-order valence-corrected chi connectivity index (χ4v) is 2.51. The lowest BCUT2D eigenvalue weighted by molar-refractivity contribution is -0.116. The van der Waals surface area contributed by atoms with Crippen LogP contribution < -0.4 is 5.32 Å². The topological polar surface area (TPSA) is 42.0 Å². The number of hydrogen-bond donors (Lipinski definition) is 1. The first kappa shape index (κ1) is 11.1. The van der Waals surface area contributed by atoms with E-state index >= 15 is 0 Å². The number of para-hydroxylation sites is 1. The van der Waals surface area contributed by atoms with Crippen LogP contribution >= 0.6 is 11.3 Å². The summed E-state index contributed by atoms with van der Waals surface area (Å²) in [4.78, 5) is 15.9. The highest BCUT2D eigenvalue weighted by Gasteiger charge is 2.07. The molecule has 1 amide bonds. The Bertz CT molecular complexity index is 519. The van der Waals surface area contributed by atoms with E-state index < -0.39 is 0 Å². The molecule has 2 aromatic rings. The van der Waals surface area contributed by atoms with Crippen LogP contribution in [0, 0.1) is 6.92 Å². The molecular weight excluding hydrogens is 220 g/mol. The summed E-state index contributed by atoms with van der Waals surface area (Å²) >= 11 is 1.52. The average Bonchev–Trinajstić information content (AvgIpc) is 2.62. The zero-order chi connectivity index (χ0) is 11.5. The number of anilines is 1. The number of hydrogen-bond acceptors (Lipinski definition) is 3. The van der Waals surface area contributed by atoms with Crippen LogP contribution in [0.5, 0.6) is 0 Å². The van der Waals surface area contributed by atoms with Crippen LogP contribution in [0.4, 0.5) is 5.13 Å². The van der Waals surface area contributed by atoms with E-state index in [0.717, 1.165) is 22.2 Å². The van der Waals surface area contributed by atoms with Gasteiger partial charge in [0.1, 0.15) is 0 Å². The summed E-state index contributed by atoms with van der Waals surface area (Å²) in [6, 6.07) is 6.06. The quantitative estimate of drug-likeness (QED) is 0.885. The highest BCUT2D eigenvalue weighted by Crippen LogP contribution is 2.27. The number of carbonyl (C=O) groups excluding carboxylic acids is 1. The molecule has 0 atom stereocenters. The van der Waals surface area contributed by atoms with E-state index in [2.05, 4.69) is 10.3 Å². The van der Waals surface area contributed by atoms with Crippen LogP contribution in [-0.2, 0) is 4.79 Å². The van der Waals surface area contributed by atoms with E-state index in [-0.39, 0.29) is 5.91 Å². The summed E-state index contributed by atoms with van der Waals surface area (Å²) in [6.45, 7) is 4.02. The number of amides is 1. The maximum atomic E-state index is 11.4. The molecule has 0 bridgehead atoms. The van der Waals surface area contributed by atoms with Crippen LogP contribution in [0.3, 0.4) is 0 Å². The zero-order valence-corrected chi connectivity index (χ0v) is 10.2. The van der Waals surface area contributed by atoms with Crippen molar-refractivity contribution in [2.45, 2.75) is 26.7 Å². The lowest BCUT2D eigenvalue weighted by Crippen LogP contribution is -2.09. The Morgan fingerprint density at radius 2 is 2.31 bits per heavy atom. The largest absolute Gasteiger partial charge is 0.302 e. The average molecular weight is 234 g/mol. The lowest BCUT2D eigenvalue weighted by atomic mass is 10.2. The molecular formula is C12H14N2OS. The summed E-state index contributed by atoms with van der Waals surface area (Å²) in [5.74, 6) is 0.0409. The van der Waals surface area contributed by atoms with Gasteiger partial charge in [0.15, 0.2) is 5.13 Å². The minimum atomic E-state index is 0.0409. The van der Waals surface area contributed by atoms with E-state index in [1.807, 2.05) is 32.0 Å². The van der Waals surface area contributed by atoms with Crippen molar-refractivity contribution in [2.75, 3.05) is 5.32 Å². The molecule has 1 N–H and O–H groups in total. The second-order valence-corrected chi connectivity index (χ2v) is 4.77. The Morgan fingerprint density at radius 3 is 3.00 bits per heavy atom. The molecule has 1 aromatic heterocycles. The molecule has 4 heteroatoms. The van der Waals surface area contributed by atoms with Gasteiger partial charge < -0.3 is 5.32 Å². The van der Waals surface area contributed by atoms with E-state index in [0.29, 0.717) is 11.6 Å². The standard InChI is InChI=1S/C12H14N2OS/c1-3-5-10(15)13-12-14-11-8(2)6-4-7-9(11)16-12/h4,6-7H,3,5H2,1-2H3,(H,13,14,15). The van der Waals surface area contributed by atoms with Crippen molar-refractivity contribution in [3.63, 3.8) is 0 Å². The second-order valence-electron chi connectivity index (χ2n) is 3.74. The van der Waals surface area contributed by atoms with Gasteiger partial charge in [-0.3, -0.25) is 4.79 Å². The molecule has 16 heavy (non-hydrogen) atoms. The van der Waals surface area contributed by atoms with Crippen molar-refractivity contribution >= 4 is 32.6 Å². The third kappa shape index (κ3) is 2.22. The SMILES string of the molecule is CCCC(=O)Nc1nc2c(C)cccc2s1. The molecule has 2 rings (SSSR count). The van der Waals surface area contributed by atoms with Gasteiger partial charge in [-0.2, -0.15) is 0 Å². The summed E-state index contributed by atoms with van der Waals surface area (Å²) in [6.07, 6.45) is 1.41. The first-order valence-electron chi connectivity index (χ1n) is 5.36. The monoisotopic (exact) mass is 234 g/mol. The van der Waals surface area contributed by atoms with E-state index in [1.165, 1.54) is 11.3 Å². The van der Waals surface area contributed by atoms with Crippen molar-refractivity contribution in [3.8, 4) is 0 Å². The molecule has 0 aliphatic heterocycles. The summed E-state index contributed by atoms with van der Waals surface area (Å²) in [5.41, 5.74) is 2.13. The third-order valence-corrected chi connectivity index (χ3v) is 3.28. The van der Waals surface area contributed by atoms with Crippen molar-refractivity contribution in [1.82, 2.24) is 4.98 Å². The number of fused-ring (bicyclic) bond motifs is 1. The highest BCUT2D eigenvalue weighted by atomic mass is 32.1. The van der Waals surface area contributed by atoms with Crippen molar-refractivity contribution in [2.24, 2.45) is 0 Å². The minimum absolute atomic E-state index is 0.0409. The Hall–Kier alpha value is -1.42. The lowest BCUT2D eigenvalue weighted by Gasteiger charge is -1.97. The van der Waals surface area contributed by atoms with Crippen LogP contribution in [0.15, 0.2) is 18.2 Å². The highest BCUT2D eigenvalue weighted by molar-refractivity contribution is 7.22. The van der Waals surface area contributed by atoms with Gasteiger partial charge >= 0.3 is 0 Å².